The lowest BCUT2D eigenvalue weighted by atomic mass is 10.0. The van der Waals surface area contributed by atoms with Gasteiger partial charge < -0.3 is 9.88 Å². The highest BCUT2D eigenvalue weighted by molar-refractivity contribution is 6.01. The lowest BCUT2D eigenvalue weighted by Crippen LogP contribution is -2.10. The normalized spacial score (nSPS) is 11.7. The summed E-state index contributed by atoms with van der Waals surface area (Å²) in [5.41, 5.74) is 8.29. The Morgan fingerprint density at radius 1 is 0.857 bits per heavy atom. The van der Waals surface area contributed by atoms with E-state index in [0.29, 0.717) is 5.65 Å². The van der Waals surface area contributed by atoms with Crippen molar-refractivity contribution in [2.75, 3.05) is 14.1 Å². The maximum atomic E-state index is 13.9. The number of halogens is 1. The topological polar surface area (TPSA) is 73.5 Å². The molecule has 6 rings (SSSR count). The van der Waals surface area contributed by atoms with Gasteiger partial charge in [-0.15, -0.1) is 0 Å². The summed E-state index contributed by atoms with van der Waals surface area (Å²) < 4.78 is 13.9. The van der Waals surface area contributed by atoms with Crippen molar-refractivity contribution >= 4 is 21.9 Å². The van der Waals surface area contributed by atoms with E-state index in [1.165, 1.54) is 6.07 Å². The molecule has 0 saturated carbocycles. The van der Waals surface area contributed by atoms with Crippen molar-refractivity contribution in [1.29, 1.82) is 0 Å². The average molecular weight is 463 g/mol. The van der Waals surface area contributed by atoms with Crippen LogP contribution in [-0.4, -0.2) is 44.1 Å². The predicted molar refractivity (Wildman–Crippen MR) is 137 cm³/mol. The van der Waals surface area contributed by atoms with Gasteiger partial charge in [-0.2, -0.15) is 5.10 Å². The van der Waals surface area contributed by atoms with Crippen LogP contribution in [0, 0.1) is 5.82 Å². The van der Waals surface area contributed by atoms with E-state index in [9.17, 15) is 4.39 Å². The summed E-state index contributed by atoms with van der Waals surface area (Å²) in [6.45, 7) is 0.816. The molecule has 0 spiro atoms. The van der Waals surface area contributed by atoms with Crippen LogP contribution in [0.2, 0.25) is 0 Å². The minimum Gasteiger partial charge on any atom is -0.353 e. The van der Waals surface area contributed by atoms with E-state index in [0.717, 1.165) is 62.0 Å². The van der Waals surface area contributed by atoms with Gasteiger partial charge in [0.05, 0.1) is 11.4 Å². The smallest absolute Gasteiger partial charge is 0.181 e. The molecule has 0 atom stereocenters. The van der Waals surface area contributed by atoms with Crippen LogP contribution in [0.3, 0.4) is 0 Å². The molecule has 0 fully saturated rings. The van der Waals surface area contributed by atoms with E-state index in [1.54, 1.807) is 12.1 Å². The van der Waals surface area contributed by atoms with Crippen LogP contribution in [0.5, 0.6) is 0 Å². The number of rotatable bonds is 5. The van der Waals surface area contributed by atoms with Gasteiger partial charge in [0.25, 0.3) is 0 Å². The van der Waals surface area contributed by atoms with E-state index in [1.807, 2.05) is 57.0 Å². The molecule has 2 N–H and O–H groups in total. The van der Waals surface area contributed by atoms with Crippen LogP contribution in [0.15, 0.2) is 79.3 Å². The van der Waals surface area contributed by atoms with Gasteiger partial charge in [-0.3, -0.25) is 10.1 Å². The van der Waals surface area contributed by atoms with E-state index in [2.05, 4.69) is 48.2 Å². The first-order chi connectivity index (χ1) is 17.0. The maximum Gasteiger partial charge on any atom is 0.181 e. The first-order valence-electron chi connectivity index (χ1n) is 11.4. The minimum atomic E-state index is -0.252. The Balaban J connectivity index is 1.45. The molecule has 4 heterocycles. The summed E-state index contributed by atoms with van der Waals surface area (Å²) in [6, 6.07) is 19.0. The number of nitrogens with one attached hydrogen (secondary N) is 2. The summed E-state index contributed by atoms with van der Waals surface area (Å²) in [4.78, 5) is 14.6. The monoisotopic (exact) mass is 462 g/mol. The highest BCUT2D eigenvalue weighted by atomic mass is 19.1. The summed E-state index contributed by atoms with van der Waals surface area (Å²) >= 11 is 0. The van der Waals surface area contributed by atoms with Gasteiger partial charge in [-0.1, -0.05) is 24.3 Å². The molecule has 0 aliphatic carbocycles. The van der Waals surface area contributed by atoms with E-state index < -0.39 is 0 Å². The molecular weight excluding hydrogens is 439 g/mol. The molecular formula is C28H23FN6. The Morgan fingerprint density at radius 2 is 1.71 bits per heavy atom. The zero-order valence-electron chi connectivity index (χ0n) is 19.4. The molecule has 0 aliphatic heterocycles. The minimum absolute atomic E-state index is 0.252. The maximum absolute atomic E-state index is 13.9. The molecule has 0 unspecified atom stereocenters. The molecule has 6 nitrogen and oxygen atoms in total. The number of fused-ring (bicyclic) bond motifs is 2. The van der Waals surface area contributed by atoms with Gasteiger partial charge in [-0.05, 0) is 67.2 Å². The van der Waals surface area contributed by atoms with Gasteiger partial charge >= 0.3 is 0 Å². The van der Waals surface area contributed by atoms with Gasteiger partial charge in [0.1, 0.15) is 5.82 Å². The molecule has 0 radical (unpaired) electrons. The summed E-state index contributed by atoms with van der Waals surface area (Å²) in [5.74, 6) is -0.252. The molecule has 0 aliphatic rings. The standard InChI is InChI=1S/C28H23FN6/c1-35(2)16-17-9-19(14-30-13-17)20-11-24-27(33-34-28(24)31-15-20)26-12-23-22(7-4-8-25(23)32-26)18-5-3-6-21(29)10-18/h3-15,32H,16H2,1-2H3,(H,31,33,34). The Bertz CT molecular complexity index is 1680. The molecule has 0 amide bonds. The lowest BCUT2D eigenvalue weighted by molar-refractivity contribution is 0.402. The van der Waals surface area contributed by atoms with Gasteiger partial charge in [0.2, 0.25) is 0 Å². The summed E-state index contributed by atoms with van der Waals surface area (Å²) in [6.07, 6.45) is 5.58. The predicted octanol–water partition coefficient (Wildman–Crippen LogP) is 6.04. The number of nitrogens with zero attached hydrogens (tertiary/aromatic N) is 4. The van der Waals surface area contributed by atoms with Crippen molar-refractivity contribution in [2.24, 2.45) is 0 Å². The van der Waals surface area contributed by atoms with Crippen LogP contribution in [0.25, 0.3) is 55.6 Å². The van der Waals surface area contributed by atoms with Crippen LogP contribution in [0.1, 0.15) is 5.56 Å². The molecule has 6 aromatic rings. The van der Waals surface area contributed by atoms with Crippen LogP contribution >= 0.6 is 0 Å². The van der Waals surface area contributed by atoms with Gasteiger partial charge in [0, 0.05) is 52.6 Å². The van der Waals surface area contributed by atoms with Crippen LogP contribution in [0.4, 0.5) is 4.39 Å². The highest BCUT2D eigenvalue weighted by Crippen LogP contribution is 2.35. The fraction of sp³-hybridized carbons (Fsp3) is 0.107. The van der Waals surface area contributed by atoms with Crippen molar-refractivity contribution in [1.82, 2.24) is 30.0 Å². The Labute approximate surface area is 201 Å². The van der Waals surface area contributed by atoms with Crippen molar-refractivity contribution < 1.29 is 4.39 Å². The van der Waals surface area contributed by atoms with Crippen molar-refractivity contribution in [3.8, 4) is 33.6 Å². The average Bonchev–Trinajstić information content (AvgIpc) is 3.47. The van der Waals surface area contributed by atoms with Crippen LogP contribution in [-0.2, 0) is 6.54 Å². The third-order valence-corrected chi connectivity index (χ3v) is 6.11. The second-order valence-corrected chi connectivity index (χ2v) is 8.97. The van der Waals surface area contributed by atoms with Gasteiger partial charge in [-0.25, -0.2) is 9.37 Å². The molecule has 2 aromatic carbocycles. The Hall–Kier alpha value is -4.36. The van der Waals surface area contributed by atoms with Crippen molar-refractivity contribution in [3.05, 3.63) is 90.6 Å². The van der Waals surface area contributed by atoms with Crippen LogP contribution < -0.4 is 0 Å². The molecule has 4 aromatic heterocycles. The molecule has 172 valence electrons. The molecule has 0 bridgehead atoms. The summed E-state index contributed by atoms with van der Waals surface area (Å²) in [5, 5.41) is 9.50. The number of aromatic nitrogens is 5. The lowest BCUT2D eigenvalue weighted by Gasteiger charge is -2.10. The van der Waals surface area contributed by atoms with E-state index in [-0.39, 0.29) is 5.82 Å². The number of aromatic amines is 2. The fourth-order valence-electron chi connectivity index (χ4n) is 4.56. The van der Waals surface area contributed by atoms with Crippen molar-refractivity contribution in [2.45, 2.75) is 6.54 Å². The van der Waals surface area contributed by atoms with Gasteiger partial charge in [0.15, 0.2) is 5.65 Å². The fourth-order valence-corrected chi connectivity index (χ4v) is 4.56. The number of pyridine rings is 2. The zero-order chi connectivity index (χ0) is 23.9. The SMILES string of the molecule is CN(C)Cc1cncc(-c2cnc3n[nH]c(-c4cc5c(-c6cccc(F)c6)cccc5[nH]4)c3c2)c1. The second-order valence-electron chi connectivity index (χ2n) is 8.97. The first kappa shape index (κ1) is 21.2. The zero-order valence-corrected chi connectivity index (χ0v) is 19.4. The van der Waals surface area contributed by atoms with Crippen molar-refractivity contribution in [3.63, 3.8) is 0 Å². The number of benzene rings is 2. The quantitative estimate of drug-likeness (QED) is 0.328. The Morgan fingerprint density at radius 3 is 2.57 bits per heavy atom. The number of hydrogen-bond acceptors (Lipinski definition) is 4. The molecule has 35 heavy (non-hydrogen) atoms. The number of H-pyrrole nitrogens is 2. The molecule has 0 saturated heterocycles. The largest absolute Gasteiger partial charge is 0.353 e. The molecule has 7 heteroatoms. The number of hydrogen-bond donors (Lipinski definition) is 2. The third-order valence-electron chi connectivity index (χ3n) is 6.11. The third kappa shape index (κ3) is 3.96. The Kier molecular flexibility index (Phi) is 5.12. The summed E-state index contributed by atoms with van der Waals surface area (Å²) in [7, 11) is 4.08. The van der Waals surface area contributed by atoms with E-state index in [4.69, 9.17) is 0 Å². The second kappa shape index (κ2) is 8.45. The highest BCUT2D eigenvalue weighted by Gasteiger charge is 2.15. The van der Waals surface area contributed by atoms with E-state index >= 15 is 0 Å². The first-order valence-corrected chi connectivity index (χ1v) is 11.4.